The number of methoxy groups -OCH3 is 1. The Morgan fingerprint density at radius 2 is 2.00 bits per heavy atom. The lowest BCUT2D eigenvalue weighted by molar-refractivity contribution is -0.129. The third-order valence-corrected chi connectivity index (χ3v) is 10.4. The maximum Gasteiger partial charge on any atom is 0.231 e. The zero-order valence-electron chi connectivity index (χ0n) is 23.2. The first-order valence-corrected chi connectivity index (χ1v) is 14.4. The highest BCUT2D eigenvalue weighted by molar-refractivity contribution is 5.87. The zero-order chi connectivity index (χ0) is 26.7. The second-order valence-electron chi connectivity index (χ2n) is 12.2. The number of hydrogen-bond acceptors (Lipinski definition) is 6. The number of ether oxygens (including phenoxy) is 4. The Kier molecular flexibility index (Phi) is 6.04. The molecule has 0 bridgehead atoms. The van der Waals surface area contributed by atoms with Gasteiger partial charge in [-0.3, -0.25) is 9.69 Å². The maximum atomic E-state index is 12.6. The number of ketones is 1. The van der Waals surface area contributed by atoms with Crippen molar-refractivity contribution in [3.8, 4) is 34.8 Å². The van der Waals surface area contributed by atoms with E-state index >= 15 is 0 Å². The lowest BCUT2D eigenvalue weighted by Crippen LogP contribution is -2.42. The van der Waals surface area contributed by atoms with Gasteiger partial charge in [0, 0.05) is 23.9 Å². The Bertz CT molecular complexity index is 1390. The first-order chi connectivity index (χ1) is 19.0. The molecule has 2 aromatic carbocycles. The van der Waals surface area contributed by atoms with E-state index in [-0.39, 0.29) is 18.2 Å². The van der Waals surface area contributed by atoms with Gasteiger partial charge in [-0.05, 0) is 98.2 Å². The highest BCUT2D eigenvalue weighted by Crippen LogP contribution is 2.59. The molecule has 0 aromatic heterocycles. The van der Waals surface area contributed by atoms with Gasteiger partial charge in [0.25, 0.3) is 0 Å². The summed E-state index contributed by atoms with van der Waals surface area (Å²) in [5, 5.41) is 0. The van der Waals surface area contributed by atoms with E-state index in [4.69, 9.17) is 18.9 Å². The summed E-state index contributed by atoms with van der Waals surface area (Å²) in [7, 11) is 3.77. The number of fused-ring (bicyclic) bond motifs is 7. The Morgan fingerprint density at radius 3 is 2.87 bits per heavy atom. The molecular formula is C33H37NO5. The summed E-state index contributed by atoms with van der Waals surface area (Å²) in [6.07, 6.45) is 7.20. The van der Waals surface area contributed by atoms with Crippen LogP contribution in [-0.2, 0) is 17.6 Å². The second-order valence-corrected chi connectivity index (χ2v) is 12.2. The van der Waals surface area contributed by atoms with Crippen LogP contribution in [0, 0.1) is 29.1 Å². The van der Waals surface area contributed by atoms with Gasteiger partial charge < -0.3 is 18.9 Å². The van der Waals surface area contributed by atoms with Gasteiger partial charge in [-0.1, -0.05) is 24.8 Å². The predicted octanol–water partition coefficient (Wildman–Crippen LogP) is 5.46. The number of benzene rings is 2. The number of aryl methyl sites for hydroxylation is 1. The van der Waals surface area contributed by atoms with Crippen molar-refractivity contribution in [1.82, 2.24) is 4.90 Å². The van der Waals surface area contributed by atoms with Crippen LogP contribution in [0.5, 0.6) is 23.0 Å². The van der Waals surface area contributed by atoms with Crippen molar-refractivity contribution in [3.63, 3.8) is 0 Å². The first kappa shape index (κ1) is 24.8. The van der Waals surface area contributed by atoms with Gasteiger partial charge in [0.15, 0.2) is 11.5 Å². The molecule has 5 aliphatic rings. The lowest BCUT2D eigenvalue weighted by Gasteiger charge is -2.48. The van der Waals surface area contributed by atoms with E-state index in [1.807, 2.05) is 0 Å². The van der Waals surface area contributed by atoms with Crippen molar-refractivity contribution in [1.29, 1.82) is 0 Å². The molecule has 6 heteroatoms. The molecule has 204 valence electrons. The Labute approximate surface area is 230 Å². The average molecular weight is 528 g/mol. The Balaban J connectivity index is 1.06. The molecule has 0 radical (unpaired) electrons. The highest BCUT2D eigenvalue weighted by atomic mass is 16.7. The summed E-state index contributed by atoms with van der Waals surface area (Å²) in [4.78, 5) is 14.9. The fourth-order valence-corrected chi connectivity index (χ4v) is 8.29. The second kappa shape index (κ2) is 9.48. The molecule has 6 nitrogen and oxygen atoms in total. The largest absolute Gasteiger partial charge is 0.492 e. The fraction of sp³-hybridized carbons (Fsp3) is 0.545. The molecule has 3 aliphatic carbocycles. The minimum absolute atomic E-state index is 0.0713. The van der Waals surface area contributed by atoms with Crippen molar-refractivity contribution in [2.75, 3.05) is 34.1 Å². The third kappa shape index (κ3) is 3.92. The van der Waals surface area contributed by atoms with E-state index in [1.54, 1.807) is 7.11 Å². The minimum atomic E-state index is -0.0956. The molecule has 5 atom stereocenters. The molecule has 0 spiro atoms. The molecule has 0 saturated heterocycles. The summed E-state index contributed by atoms with van der Waals surface area (Å²) in [6, 6.07) is 8.61. The van der Waals surface area contributed by atoms with Crippen LogP contribution in [0.15, 0.2) is 24.3 Å². The topological polar surface area (TPSA) is 57.2 Å². The normalized spacial score (nSPS) is 30.4. The number of likely N-dealkylation sites (N-methyl/N-ethyl adjacent to an activating group) is 1. The van der Waals surface area contributed by atoms with Gasteiger partial charge >= 0.3 is 0 Å². The monoisotopic (exact) mass is 527 g/mol. The summed E-state index contributed by atoms with van der Waals surface area (Å²) < 4.78 is 23.3. The number of nitrogens with zero attached hydrogens (tertiary/aromatic N) is 1. The molecular weight excluding hydrogens is 490 g/mol. The Morgan fingerprint density at radius 1 is 1.10 bits per heavy atom. The Hall–Kier alpha value is -3.17. The maximum absolute atomic E-state index is 12.6. The molecule has 7 rings (SSSR count). The van der Waals surface area contributed by atoms with Gasteiger partial charge in [0.05, 0.1) is 7.11 Å². The van der Waals surface area contributed by atoms with E-state index in [9.17, 15) is 4.79 Å². The molecule has 2 aromatic rings. The van der Waals surface area contributed by atoms with Crippen LogP contribution < -0.4 is 18.9 Å². The SMILES string of the molecule is COc1c2c(cc3c1[C@H](C#CCOc1ccc4c(c1)CC[C@@H]1[C@@H]4CC[C@]4(C)C(=O)CC[C@H]14)N(C)CC3)OCO2. The van der Waals surface area contributed by atoms with Gasteiger partial charge in [-0.25, -0.2) is 0 Å². The molecule has 2 heterocycles. The predicted molar refractivity (Wildman–Crippen MR) is 148 cm³/mol. The van der Waals surface area contributed by atoms with Crippen LogP contribution in [-0.4, -0.2) is 44.8 Å². The van der Waals surface area contributed by atoms with E-state index < -0.39 is 0 Å². The summed E-state index contributed by atoms with van der Waals surface area (Å²) >= 11 is 0. The fourth-order valence-electron chi connectivity index (χ4n) is 8.29. The van der Waals surface area contributed by atoms with Crippen LogP contribution in [0.2, 0.25) is 0 Å². The average Bonchev–Trinajstić information content (AvgIpc) is 3.54. The highest BCUT2D eigenvalue weighted by Gasteiger charge is 2.54. The van der Waals surface area contributed by atoms with E-state index in [0.29, 0.717) is 35.9 Å². The number of carbonyl (C=O) groups is 1. The van der Waals surface area contributed by atoms with Crippen LogP contribution in [0.3, 0.4) is 0 Å². The molecule has 0 N–H and O–H groups in total. The summed E-state index contributed by atoms with van der Waals surface area (Å²) in [6.45, 7) is 3.71. The third-order valence-electron chi connectivity index (χ3n) is 10.4. The van der Waals surface area contributed by atoms with Gasteiger partial charge in [0.2, 0.25) is 12.5 Å². The van der Waals surface area contributed by atoms with Crippen molar-refractivity contribution >= 4 is 5.78 Å². The number of hydrogen-bond donors (Lipinski definition) is 0. The van der Waals surface area contributed by atoms with E-state index in [1.165, 1.54) is 23.1 Å². The number of rotatable bonds is 3. The summed E-state index contributed by atoms with van der Waals surface area (Å²) in [5.41, 5.74) is 5.10. The zero-order valence-corrected chi connectivity index (χ0v) is 23.2. The van der Waals surface area contributed by atoms with Crippen LogP contribution in [0.1, 0.15) is 73.2 Å². The van der Waals surface area contributed by atoms with Crippen LogP contribution in [0.4, 0.5) is 0 Å². The van der Waals surface area contributed by atoms with Gasteiger partial charge in [-0.15, -0.1) is 0 Å². The molecule has 0 amide bonds. The molecule has 2 fully saturated rings. The van der Waals surface area contributed by atoms with E-state index in [2.05, 4.69) is 55.0 Å². The molecule has 2 saturated carbocycles. The van der Waals surface area contributed by atoms with Gasteiger partial charge in [0.1, 0.15) is 24.2 Å². The van der Waals surface area contributed by atoms with E-state index in [0.717, 1.165) is 67.9 Å². The van der Waals surface area contributed by atoms with Crippen molar-refractivity contribution in [2.24, 2.45) is 17.3 Å². The number of carbonyl (C=O) groups excluding carboxylic acids is 1. The van der Waals surface area contributed by atoms with Gasteiger partial charge in [-0.2, -0.15) is 0 Å². The standard InChI is InChI=1S/C33H37NO5/c1-33-14-12-24-23-9-7-22(17-20(23)6-8-25(24)26(33)10-11-29(33)35)37-16-4-5-27-30-21(13-15-34(27)2)18-28-31(32(30)36-3)39-19-38-28/h7,9,17-18,24-27H,6,8,10-16,19H2,1-3H3/t24-,25-,26-,27+,33+/m1/s1. The molecule has 0 unspecified atom stereocenters. The van der Waals surface area contributed by atoms with Crippen molar-refractivity contribution in [3.05, 3.63) is 46.5 Å². The van der Waals surface area contributed by atoms with Crippen molar-refractivity contribution < 1.29 is 23.7 Å². The quantitative estimate of drug-likeness (QED) is 0.494. The molecule has 2 aliphatic heterocycles. The first-order valence-electron chi connectivity index (χ1n) is 14.4. The van der Waals surface area contributed by atoms with Crippen LogP contribution in [0.25, 0.3) is 0 Å². The molecule has 39 heavy (non-hydrogen) atoms. The lowest BCUT2D eigenvalue weighted by atomic mass is 9.55. The smallest absolute Gasteiger partial charge is 0.231 e. The minimum Gasteiger partial charge on any atom is -0.492 e. The van der Waals surface area contributed by atoms with Crippen molar-refractivity contribution in [2.45, 2.75) is 63.8 Å². The number of Topliss-reactive ketones (excluding diaryl/α,β-unsaturated/α-hetero) is 1. The summed E-state index contributed by atoms with van der Waals surface area (Å²) in [5.74, 6) is 12.1. The van der Waals surface area contributed by atoms with Crippen LogP contribution >= 0.6 is 0 Å².